The lowest BCUT2D eigenvalue weighted by atomic mass is 10.2. The van der Waals surface area contributed by atoms with Crippen LogP contribution in [0.3, 0.4) is 0 Å². The Morgan fingerprint density at radius 3 is 2.58 bits per heavy atom. The highest BCUT2D eigenvalue weighted by Crippen LogP contribution is 2.17. The first-order valence-corrected chi connectivity index (χ1v) is 6.01. The summed E-state index contributed by atoms with van der Waals surface area (Å²) in [5.41, 5.74) is 3.94. The second-order valence-corrected chi connectivity index (χ2v) is 4.20. The number of benzene rings is 1. The van der Waals surface area contributed by atoms with Gasteiger partial charge in [0.25, 0.3) is 0 Å². The summed E-state index contributed by atoms with van der Waals surface area (Å²) < 4.78 is 0. The van der Waals surface area contributed by atoms with Gasteiger partial charge in [-0.2, -0.15) is 0 Å². The van der Waals surface area contributed by atoms with Crippen molar-refractivity contribution in [3.8, 4) is 0 Å². The van der Waals surface area contributed by atoms with Crippen LogP contribution in [0.15, 0.2) is 18.2 Å². The van der Waals surface area contributed by atoms with E-state index in [4.69, 9.17) is 5.11 Å². The largest absolute Gasteiger partial charge is 0.395 e. The number of carbonyl (C=O) groups excluding carboxylic acids is 1. The number of nitrogens with zero attached hydrogens (tertiary/aromatic N) is 2. The summed E-state index contributed by atoms with van der Waals surface area (Å²) in [6.07, 6.45) is 0. The van der Waals surface area contributed by atoms with Crippen molar-refractivity contribution in [3.63, 3.8) is 0 Å². The van der Waals surface area contributed by atoms with Gasteiger partial charge in [-0.3, -0.25) is 0 Å². The number of aryl methyl sites for hydroxylation is 2. The first-order valence-electron chi connectivity index (χ1n) is 6.01. The minimum Gasteiger partial charge on any atom is -0.395 e. The predicted octanol–water partition coefficient (Wildman–Crippen LogP) is 1.36. The standard InChI is InChI=1S/C13H16N4O2/c1-8-9(2)16-12-7-10(3-4-11(12)15-8)17-13(19)14-5-6-18/h3-4,7,18H,5-6H2,1-2H3,(H2,14,17,19). The maximum absolute atomic E-state index is 11.5. The number of hydrogen-bond acceptors (Lipinski definition) is 4. The molecule has 0 aliphatic heterocycles. The molecule has 0 spiro atoms. The highest BCUT2D eigenvalue weighted by molar-refractivity contribution is 5.91. The molecule has 6 heteroatoms. The Hall–Kier alpha value is -2.21. The molecule has 0 saturated heterocycles. The number of amides is 2. The number of urea groups is 1. The Kier molecular flexibility index (Phi) is 3.91. The molecule has 6 nitrogen and oxygen atoms in total. The summed E-state index contributed by atoms with van der Waals surface area (Å²) in [6, 6.07) is 5.00. The number of hydrogen-bond donors (Lipinski definition) is 3. The molecular formula is C13H16N4O2. The van der Waals surface area contributed by atoms with Crippen molar-refractivity contribution in [3.05, 3.63) is 29.6 Å². The minimum absolute atomic E-state index is 0.0882. The van der Waals surface area contributed by atoms with Crippen molar-refractivity contribution in [2.75, 3.05) is 18.5 Å². The van der Waals surface area contributed by atoms with E-state index in [-0.39, 0.29) is 19.2 Å². The average molecular weight is 260 g/mol. The van der Waals surface area contributed by atoms with Gasteiger partial charge >= 0.3 is 6.03 Å². The van der Waals surface area contributed by atoms with Crippen molar-refractivity contribution in [1.82, 2.24) is 15.3 Å². The van der Waals surface area contributed by atoms with Gasteiger partial charge in [-0.05, 0) is 32.0 Å². The molecule has 1 aromatic heterocycles. The van der Waals surface area contributed by atoms with Crippen molar-refractivity contribution in [1.29, 1.82) is 0 Å². The molecule has 1 heterocycles. The van der Waals surface area contributed by atoms with E-state index in [2.05, 4.69) is 20.6 Å². The minimum atomic E-state index is -0.356. The fourth-order valence-electron chi connectivity index (χ4n) is 1.65. The zero-order valence-corrected chi connectivity index (χ0v) is 10.9. The summed E-state index contributed by atoms with van der Waals surface area (Å²) in [5, 5.41) is 13.8. The van der Waals surface area contributed by atoms with Gasteiger partial charge in [-0.1, -0.05) is 0 Å². The molecule has 0 aliphatic rings. The fourth-order valence-corrected chi connectivity index (χ4v) is 1.65. The van der Waals surface area contributed by atoms with Gasteiger partial charge in [0.05, 0.1) is 29.0 Å². The molecule has 0 saturated carbocycles. The molecule has 0 atom stereocenters. The molecule has 2 amide bonds. The molecule has 1 aromatic carbocycles. The number of carbonyl (C=O) groups is 1. The van der Waals surface area contributed by atoms with E-state index in [1.165, 1.54) is 0 Å². The van der Waals surface area contributed by atoms with Crippen LogP contribution in [0.2, 0.25) is 0 Å². The van der Waals surface area contributed by atoms with Crippen LogP contribution in [-0.4, -0.2) is 34.3 Å². The normalized spacial score (nSPS) is 10.5. The monoisotopic (exact) mass is 260 g/mol. The zero-order valence-electron chi connectivity index (χ0n) is 10.9. The number of anilines is 1. The Morgan fingerprint density at radius 1 is 1.21 bits per heavy atom. The molecule has 0 aliphatic carbocycles. The quantitative estimate of drug-likeness (QED) is 0.777. The van der Waals surface area contributed by atoms with Crippen molar-refractivity contribution < 1.29 is 9.90 Å². The van der Waals surface area contributed by atoms with E-state index in [1.54, 1.807) is 12.1 Å². The summed E-state index contributed by atoms with van der Waals surface area (Å²) in [5.74, 6) is 0. The molecule has 2 rings (SSSR count). The molecule has 0 unspecified atom stereocenters. The second-order valence-electron chi connectivity index (χ2n) is 4.20. The maximum atomic E-state index is 11.5. The summed E-state index contributed by atoms with van der Waals surface area (Å²) >= 11 is 0. The zero-order chi connectivity index (χ0) is 13.8. The molecule has 0 radical (unpaired) electrons. The van der Waals surface area contributed by atoms with Crippen LogP contribution in [0.25, 0.3) is 11.0 Å². The van der Waals surface area contributed by atoms with E-state index in [0.29, 0.717) is 5.69 Å². The molecule has 19 heavy (non-hydrogen) atoms. The molecule has 0 bridgehead atoms. The van der Waals surface area contributed by atoms with Gasteiger partial charge in [-0.15, -0.1) is 0 Å². The van der Waals surface area contributed by atoms with Crippen LogP contribution in [0, 0.1) is 13.8 Å². The Balaban J connectivity index is 2.21. The fraction of sp³-hybridized carbons (Fsp3) is 0.308. The summed E-state index contributed by atoms with van der Waals surface area (Å²) in [6.45, 7) is 3.94. The number of rotatable bonds is 3. The molecule has 100 valence electrons. The molecule has 0 fully saturated rings. The molecular weight excluding hydrogens is 244 g/mol. The summed E-state index contributed by atoms with van der Waals surface area (Å²) in [7, 11) is 0. The number of nitrogens with one attached hydrogen (secondary N) is 2. The molecule has 2 aromatic rings. The number of fused-ring (bicyclic) bond motifs is 1. The Bertz CT molecular complexity index is 613. The van der Waals surface area contributed by atoms with Crippen LogP contribution < -0.4 is 10.6 Å². The second kappa shape index (κ2) is 5.62. The van der Waals surface area contributed by atoms with Gasteiger partial charge in [-0.25, -0.2) is 14.8 Å². The SMILES string of the molecule is Cc1nc2ccc(NC(=O)NCCO)cc2nc1C. The van der Waals surface area contributed by atoms with E-state index in [9.17, 15) is 4.79 Å². The van der Waals surface area contributed by atoms with Crippen LogP contribution in [0.1, 0.15) is 11.4 Å². The van der Waals surface area contributed by atoms with Crippen molar-refractivity contribution in [2.45, 2.75) is 13.8 Å². The first-order chi connectivity index (χ1) is 9.10. The highest BCUT2D eigenvalue weighted by Gasteiger charge is 2.05. The van der Waals surface area contributed by atoms with Gasteiger partial charge in [0.1, 0.15) is 0 Å². The highest BCUT2D eigenvalue weighted by atomic mass is 16.3. The van der Waals surface area contributed by atoms with Crippen LogP contribution >= 0.6 is 0 Å². The van der Waals surface area contributed by atoms with Gasteiger partial charge in [0.15, 0.2) is 0 Å². The lowest BCUT2D eigenvalue weighted by Crippen LogP contribution is -2.30. The maximum Gasteiger partial charge on any atom is 0.319 e. The van der Waals surface area contributed by atoms with E-state index >= 15 is 0 Å². The van der Waals surface area contributed by atoms with Crippen molar-refractivity contribution >= 4 is 22.8 Å². The van der Waals surface area contributed by atoms with Crippen LogP contribution in [0.5, 0.6) is 0 Å². The number of aliphatic hydroxyl groups is 1. The van der Waals surface area contributed by atoms with Crippen molar-refractivity contribution in [2.24, 2.45) is 0 Å². The van der Waals surface area contributed by atoms with Gasteiger partial charge in [0, 0.05) is 12.2 Å². The van der Waals surface area contributed by atoms with Gasteiger partial charge < -0.3 is 15.7 Å². The van der Waals surface area contributed by atoms with Crippen LogP contribution in [0.4, 0.5) is 10.5 Å². The number of aliphatic hydroxyl groups excluding tert-OH is 1. The topological polar surface area (TPSA) is 87.1 Å². The third-order valence-corrected chi connectivity index (χ3v) is 2.73. The van der Waals surface area contributed by atoms with E-state index in [0.717, 1.165) is 22.4 Å². The Labute approximate surface area is 110 Å². The predicted molar refractivity (Wildman–Crippen MR) is 73.1 cm³/mol. The third-order valence-electron chi connectivity index (χ3n) is 2.73. The third kappa shape index (κ3) is 3.17. The lowest BCUT2D eigenvalue weighted by molar-refractivity contribution is 0.245. The van der Waals surface area contributed by atoms with Crippen LogP contribution in [-0.2, 0) is 0 Å². The van der Waals surface area contributed by atoms with E-state index < -0.39 is 0 Å². The Morgan fingerprint density at radius 2 is 1.89 bits per heavy atom. The molecule has 3 N–H and O–H groups in total. The van der Waals surface area contributed by atoms with Gasteiger partial charge in [0.2, 0.25) is 0 Å². The first kappa shape index (κ1) is 13.2. The summed E-state index contributed by atoms with van der Waals surface area (Å²) in [4.78, 5) is 20.3. The van der Waals surface area contributed by atoms with E-state index in [1.807, 2.05) is 19.9 Å². The number of aromatic nitrogens is 2. The lowest BCUT2D eigenvalue weighted by Gasteiger charge is -2.08. The smallest absolute Gasteiger partial charge is 0.319 e. The average Bonchev–Trinajstić information content (AvgIpc) is 2.38.